The first-order chi connectivity index (χ1) is 7.85. The van der Waals surface area contributed by atoms with E-state index in [9.17, 15) is 4.79 Å². The lowest BCUT2D eigenvalue weighted by atomic mass is 10.2. The van der Waals surface area contributed by atoms with Gasteiger partial charge in [0.2, 0.25) is 0 Å². The molecule has 102 valence electrons. The molecule has 1 amide bonds. The van der Waals surface area contributed by atoms with Gasteiger partial charge in [-0.3, -0.25) is 0 Å². The molecule has 0 aromatic carbocycles. The van der Waals surface area contributed by atoms with Crippen LogP contribution in [0.2, 0.25) is 0 Å². The fraction of sp³-hybridized carbons (Fsp3) is 0.917. The summed E-state index contributed by atoms with van der Waals surface area (Å²) in [4.78, 5) is 11.3. The molecule has 0 saturated heterocycles. The highest BCUT2D eigenvalue weighted by atomic mass is 32.2. The van der Waals surface area contributed by atoms with Crippen LogP contribution in [0, 0.1) is 0 Å². The third kappa shape index (κ3) is 11.8. The largest absolute Gasteiger partial charge is 0.444 e. The van der Waals surface area contributed by atoms with E-state index in [0.29, 0.717) is 12.6 Å². The summed E-state index contributed by atoms with van der Waals surface area (Å²) in [5.74, 6) is 1.11. The fourth-order valence-corrected chi connectivity index (χ4v) is 1.87. The molecule has 0 fully saturated rings. The summed E-state index contributed by atoms with van der Waals surface area (Å²) < 4.78 is 5.13. The van der Waals surface area contributed by atoms with Crippen LogP contribution >= 0.6 is 11.8 Å². The van der Waals surface area contributed by atoms with Gasteiger partial charge in [0.25, 0.3) is 0 Å². The van der Waals surface area contributed by atoms with Gasteiger partial charge in [-0.2, -0.15) is 11.8 Å². The number of carbonyl (C=O) groups excluding carboxylic acids is 1. The Balaban J connectivity index is 3.43. The number of thioether (sulfide) groups is 1. The zero-order valence-electron chi connectivity index (χ0n) is 11.6. The minimum absolute atomic E-state index is 0.338. The molecule has 17 heavy (non-hydrogen) atoms. The lowest BCUT2D eigenvalue weighted by Gasteiger charge is -2.19. The highest BCUT2D eigenvalue weighted by molar-refractivity contribution is 7.98. The summed E-state index contributed by atoms with van der Waals surface area (Å²) in [6.07, 6.45) is 2.68. The van der Waals surface area contributed by atoms with Crippen molar-refractivity contribution in [3.63, 3.8) is 0 Å². The van der Waals surface area contributed by atoms with E-state index < -0.39 is 5.60 Å². The normalized spacial score (nSPS) is 13.2. The van der Waals surface area contributed by atoms with E-state index in [0.717, 1.165) is 18.7 Å². The van der Waals surface area contributed by atoms with Gasteiger partial charge in [-0.15, -0.1) is 0 Å². The quantitative estimate of drug-likeness (QED) is 0.691. The monoisotopic (exact) mass is 262 g/mol. The lowest BCUT2D eigenvalue weighted by Crippen LogP contribution is -2.35. The average Bonchev–Trinajstić information content (AvgIpc) is 2.14. The Labute approximate surface area is 109 Å². The number of ether oxygens (including phenoxy) is 1. The molecule has 0 spiro atoms. The molecule has 0 aliphatic heterocycles. The Morgan fingerprint density at radius 1 is 1.35 bits per heavy atom. The van der Waals surface area contributed by atoms with Crippen molar-refractivity contribution in [1.82, 2.24) is 10.6 Å². The average molecular weight is 262 g/mol. The van der Waals surface area contributed by atoms with Crippen LogP contribution in [0.1, 0.15) is 34.1 Å². The Bertz CT molecular complexity index is 217. The van der Waals surface area contributed by atoms with Gasteiger partial charge in [0.15, 0.2) is 0 Å². The van der Waals surface area contributed by atoms with Crippen molar-refractivity contribution in [3.05, 3.63) is 0 Å². The van der Waals surface area contributed by atoms with Crippen molar-refractivity contribution in [1.29, 1.82) is 0 Å². The number of hydrogen-bond donors (Lipinski definition) is 2. The van der Waals surface area contributed by atoms with E-state index in [1.54, 1.807) is 0 Å². The second-order valence-electron chi connectivity index (χ2n) is 5.09. The third-order valence-corrected chi connectivity index (χ3v) is 2.76. The molecule has 0 radical (unpaired) electrons. The molecular formula is C12H26N2O2S. The zero-order chi connectivity index (χ0) is 13.3. The van der Waals surface area contributed by atoms with E-state index in [-0.39, 0.29) is 6.09 Å². The van der Waals surface area contributed by atoms with Gasteiger partial charge in [0.05, 0.1) is 0 Å². The predicted molar refractivity (Wildman–Crippen MR) is 74.7 cm³/mol. The van der Waals surface area contributed by atoms with Gasteiger partial charge in [-0.25, -0.2) is 4.79 Å². The van der Waals surface area contributed by atoms with E-state index in [2.05, 4.69) is 23.8 Å². The van der Waals surface area contributed by atoms with Crippen molar-refractivity contribution in [3.8, 4) is 0 Å². The van der Waals surface area contributed by atoms with E-state index in [4.69, 9.17) is 4.74 Å². The van der Waals surface area contributed by atoms with Crippen LogP contribution in [0.4, 0.5) is 4.79 Å². The smallest absolute Gasteiger partial charge is 0.407 e. The number of amides is 1. The maximum atomic E-state index is 11.3. The van der Waals surface area contributed by atoms with Crippen molar-refractivity contribution >= 4 is 17.9 Å². The molecule has 0 heterocycles. The van der Waals surface area contributed by atoms with E-state index >= 15 is 0 Å². The summed E-state index contributed by atoms with van der Waals surface area (Å²) in [7, 11) is 0. The molecule has 2 N–H and O–H groups in total. The van der Waals surface area contributed by atoms with Crippen molar-refractivity contribution in [2.75, 3.05) is 25.1 Å². The molecule has 0 saturated carbocycles. The zero-order valence-corrected chi connectivity index (χ0v) is 12.4. The summed E-state index contributed by atoms with van der Waals surface area (Å²) in [6, 6.07) is 0.520. The Morgan fingerprint density at radius 2 is 2.00 bits per heavy atom. The summed E-state index contributed by atoms with van der Waals surface area (Å²) >= 11 is 1.83. The second kappa shape index (κ2) is 8.64. The van der Waals surface area contributed by atoms with Crippen molar-refractivity contribution < 1.29 is 9.53 Å². The topological polar surface area (TPSA) is 50.4 Å². The Kier molecular flexibility index (Phi) is 8.43. The SMILES string of the molecule is CSCC(C)NCCCNC(=O)OC(C)(C)C. The maximum absolute atomic E-state index is 11.3. The van der Waals surface area contributed by atoms with Crippen molar-refractivity contribution in [2.24, 2.45) is 0 Å². The number of carbonyl (C=O) groups is 1. The van der Waals surface area contributed by atoms with Crippen LogP contribution in [-0.4, -0.2) is 42.8 Å². The van der Waals surface area contributed by atoms with Gasteiger partial charge in [-0.05, 0) is 46.9 Å². The third-order valence-electron chi connectivity index (χ3n) is 1.93. The number of hydrogen-bond acceptors (Lipinski definition) is 4. The molecule has 0 rings (SSSR count). The summed E-state index contributed by atoms with van der Waals surface area (Å²) in [6.45, 7) is 9.30. The van der Waals surface area contributed by atoms with Crippen LogP contribution in [0.15, 0.2) is 0 Å². The first kappa shape index (κ1) is 16.6. The molecule has 0 aliphatic rings. The minimum atomic E-state index is -0.421. The van der Waals surface area contributed by atoms with Gasteiger partial charge in [0.1, 0.15) is 5.60 Å². The van der Waals surface area contributed by atoms with Gasteiger partial charge in [0, 0.05) is 18.3 Å². The highest BCUT2D eigenvalue weighted by Gasteiger charge is 2.15. The molecule has 5 heteroatoms. The van der Waals surface area contributed by atoms with Gasteiger partial charge >= 0.3 is 6.09 Å². The summed E-state index contributed by atoms with van der Waals surface area (Å²) in [5, 5.41) is 6.13. The first-order valence-electron chi connectivity index (χ1n) is 6.04. The molecule has 0 aromatic heterocycles. The van der Waals surface area contributed by atoms with Crippen molar-refractivity contribution in [2.45, 2.75) is 45.8 Å². The van der Waals surface area contributed by atoms with E-state index in [1.165, 1.54) is 0 Å². The molecule has 1 atom stereocenters. The Hall–Kier alpha value is -0.420. The van der Waals surface area contributed by atoms with Crippen LogP contribution in [0.5, 0.6) is 0 Å². The number of nitrogens with one attached hydrogen (secondary N) is 2. The minimum Gasteiger partial charge on any atom is -0.444 e. The standard InChI is InChI=1S/C12H26N2O2S/c1-10(9-17-5)13-7-6-8-14-11(15)16-12(2,3)4/h10,13H,6-9H2,1-5H3,(H,14,15). The molecule has 4 nitrogen and oxygen atoms in total. The van der Waals surface area contributed by atoms with Gasteiger partial charge < -0.3 is 15.4 Å². The molecule has 0 bridgehead atoms. The predicted octanol–water partition coefficient (Wildman–Crippen LogP) is 2.24. The van der Waals surface area contributed by atoms with Crippen LogP contribution < -0.4 is 10.6 Å². The fourth-order valence-electron chi connectivity index (χ4n) is 1.25. The van der Waals surface area contributed by atoms with Crippen LogP contribution in [0.3, 0.4) is 0 Å². The highest BCUT2D eigenvalue weighted by Crippen LogP contribution is 2.06. The molecule has 0 aromatic rings. The van der Waals surface area contributed by atoms with Crippen LogP contribution in [0.25, 0.3) is 0 Å². The maximum Gasteiger partial charge on any atom is 0.407 e. The summed E-state index contributed by atoms with van der Waals surface area (Å²) in [5.41, 5.74) is -0.421. The molecule has 0 aliphatic carbocycles. The number of alkyl carbamates (subject to hydrolysis) is 1. The van der Waals surface area contributed by atoms with Gasteiger partial charge in [-0.1, -0.05) is 0 Å². The number of rotatable bonds is 7. The van der Waals surface area contributed by atoms with E-state index in [1.807, 2.05) is 32.5 Å². The molecular weight excluding hydrogens is 236 g/mol. The molecule has 1 unspecified atom stereocenters. The second-order valence-corrected chi connectivity index (χ2v) is 6.00. The lowest BCUT2D eigenvalue weighted by molar-refractivity contribution is 0.0527. The Morgan fingerprint density at radius 3 is 2.53 bits per heavy atom. The first-order valence-corrected chi connectivity index (χ1v) is 7.43. The van der Waals surface area contributed by atoms with Crippen LogP contribution in [-0.2, 0) is 4.74 Å².